The van der Waals surface area contributed by atoms with Gasteiger partial charge in [-0.3, -0.25) is 0 Å². The molecule has 5 rings (SSSR count). The molecule has 2 aromatic heterocycles. The second kappa shape index (κ2) is 9.00. The Morgan fingerprint density at radius 2 is 1.79 bits per heavy atom. The van der Waals surface area contributed by atoms with E-state index in [9.17, 15) is 13.9 Å². The molecule has 0 aliphatic carbocycles. The SMILES string of the molecule is CC(C)Oc1ccc(-c2ccc3nc4c(n3n2)[C@H](c2ccccc2OC(F)F)NC[C@H]4O)cc1. The second-order valence-corrected chi connectivity index (χ2v) is 8.34. The van der Waals surface area contributed by atoms with Crippen LogP contribution in [0.5, 0.6) is 11.5 Å². The lowest BCUT2D eigenvalue weighted by Gasteiger charge is -2.28. The molecule has 0 unspecified atom stereocenters. The highest BCUT2D eigenvalue weighted by atomic mass is 19.3. The minimum absolute atomic E-state index is 0.0594. The highest BCUT2D eigenvalue weighted by Gasteiger charge is 2.34. The predicted molar refractivity (Wildman–Crippen MR) is 122 cm³/mol. The Labute approximate surface area is 195 Å². The molecule has 0 bridgehead atoms. The van der Waals surface area contributed by atoms with Crippen LogP contribution in [0.4, 0.5) is 8.78 Å². The molecule has 0 fully saturated rings. The van der Waals surface area contributed by atoms with Gasteiger partial charge in [0.05, 0.1) is 29.2 Å². The van der Waals surface area contributed by atoms with Gasteiger partial charge in [-0.1, -0.05) is 18.2 Å². The van der Waals surface area contributed by atoms with Crippen LogP contribution in [-0.2, 0) is 0 Å². The number of benzene rings is 2. The fraction of sp³-hybridized carbons (Fsp3) is 0.280. The van der Waals surface area contributed by atoms with E-state index in [1.54, 1.807) is 22.7 Å². The number of nitrogens with one attached hydrogen (secondary N) is 1. The maximum atomic E-state index is 13.0. The van der Waals surface area contributed by atoms with Gasteiger partial charge in [0.2, 0.25) is 0 Å². The second-order valence-electron chi connectivity index (χ2n) is 8.34. The maximum Gasteiger partial charge on any atom is 0.387 e. The molecule has 2 aromatic carbocycles. The highest BCUT2D eigenvalue weighted by molar-refractivity contribution is 5.62. The molecule has 34 heavy (non-hydrogen) atoms. The third-order valence-electron chi connectivity index (χ3n) is 5.61. The summed E-state index contributed by atoms with van der Waals surface area (Å²) in [4.78, 5) is 4.58. The van der Waals surface area contributed by atoms with E-state index in [1.165, 1.54) is 6.07 Å². The molecule has 7 nitrogen and oxygen atoms in total. The number of aromatic nitrogens is 3. The molecule has 0 radical (unpaired) electrons. The normalized spacial score (nSPS) is 17.9. The molecule has 176 valence electrons. The summed E-state index contributed by atoms with van der Waals surface area (Å²) in [5, 5.41) is 18.6. The molecule has 9 heteroatoms. The van der Waals surface area contributed by atoms with Crippen LogP contribution in [0.3, 0.4) is 0 Å². The summed E-state index contributed by atoms with van der Waals surface area (Å²) in [5.74, 6) is 0.826. The van der Waals surface area contributed by atoms with Gasteiger partial charge in [-0.25, -0.2) is 9.50 Å². The van der Waals surface area contributed by atoms with Crippen molar-refractivity contribution in [1.82, 2.24) is 19.9 Å². The Kier molecular flexibility index (Phi) is 5.89. The first-order valence-corrected chi connectivity index (χ1v) is 11.0. The van der Waals surface area contributed by atoms with E-state index in [0.717, 1.165) is 11.3 Å². The van der Waals surface area contributed by atoms with Crippen molar-refractivity contribution in [1.29, 1.82) is 0 Å². The maximum absolute atomic E-state index is 13.0. The lowest BCUT2D eigenvalue weighted by molar-refractivity contribution is -0.0507. The Morgan fingerprint density at radius 1 is 1.03 bits per heavy atom. The standard InChI is InChI=1S/C25H24F2N4O3/c1-14(2)33-16-9-7-15(8-10-16)18-11-12-21-29-23-19(32)13-28-22(24(23)31(21)30-18)17-5-3-4-6-20(17)34-25(26)27/h3-12,14,19,22,25,28,32H,13H2,1-2H3/t19-,22+/m1/s1. The zero-order valence-corrected chi connectivity index (χ0v) is 18.7. The minimum Gasteiger partial charge on any atom is -0.491 e. The van der Waals surface area contributed by atoms with Gasteiger partial charge in [0, 0.05) is 17.7 Å². The Morgan fingerprint density at radius 3 is 2.53 bits per heavy atom. The van der Waals surface area contributed by atoms with E-state index in [2.05, 4.69) is 10.3 Å². The van der Waals surface area contributed by atoms with Crippen LogP contribution in [0.1, 0.15) is 42.9 Å². The molecule has 2 atom stereocenters. The number of imidazole rings is 1. The zero-order valence-electron chi connectivity index (χ0n) is 18.7. The molecular formula is C25H24F2N4O3. The smallest absolute Gasteiger partial charge is 0.387 e. The number of rotatable bonds is 6. The van der Waals surface area contributed by atoms with Crippen molar-refractivity contribution in [3.05, 3.63) is 77.6 Å². The average Bonchev–Trinajstić information content (AvgIpc) is 3.20. The third kappa shape index (κ3) is 4.20. The topological polar surface area (TPSA) is 80.9 Å². The van der Waals surface area contributed by atoms with Gasteiger partial charge in [-0.2, -0.15) is 13.9 Å². The number of halogens is 2. The van der Waals surface area contributed by atoms with Gasteiger partial charge in [-0.05, 0) is 56.3 Å². The van der Waals surface area contributed by atoms with Crippen molar-refractivity contribution >= 4 is 5.65 Å². The minimum atomic E-state index is -2.95. The van der Waals surface area contributed by atoms with Gasteiger partial charge in [0.15, 0.2) is 5.65 Å². The number of hydrogen-bond acceptors (Lipinski definition) is 6. The van der Waals surface area contributed by atoms with Crippen molar-refractivity contribution in [2.45, 2.75) is 38.7 Å². The predicted octanol–water partition coefficient (Wildman–Crippen LogP) is 4.51. The summed E-state index contributed by atoms with van der Waals surface area (Å²) in [6, 6.07) is 17.3. The van der Waals surface area contributed by atoms with Crippen LogP contribution < -0.4 is 14.8 Å². The summed E-state index contributed by atoms with van der Waals surface area (Å²) >= 11 is 0. The Balaban J connectivity index is 1.60. The first-order chi connectivity index (χ1) is 16.4. The number of aliphatic hydroxyl groups is 1. The lowest BCUT2D eigenvalue weighted by Crippen LogP contribution is -2.35. The first kappa shape index (κ1) is 22.2. The van der Waals surface area contributed by atoms with E-state index >= 15 is 0 Å². The van der Waals surface area contributed by atoms with Crippen LogP contribution >= 0.6 is 0 Å². The summed E-state index contributed by atoms with van der Waals surface area (Å²) < 4.78 is 38.2. The van der Waals surface area contributed by atoms with E-state index < -0.39 is 18.8 Å². The first-order valence-electron chi connectivity index (χ1n) is 11.0. The quantitative estimate of drug-likeness (QED) is 0.435. The van der Waals surface area contributed by atoms with Crippen LogP contribution in [0.15, 0.2) is 60.7 Å². The van der Waals surface area contributed by atoms with Crippen LogP contribution in [0.2, 0.25) is 0 Å². The Bertz CT molecular complexity index is 1310. The molecular weight excluding hydrogens is 442 g/mol. The molecule has 1 aliphatic heterocycles. The average molecular weight is 466 g/mol. The molecule has 2 N–H and O–H groups in total. The van der Waals surface area contributed by atoms with E-state index in [1.807, 2.05) is 50.2 Å². The van der Waals surface area contributed by atoms with Crippen molar-refractivity contribution in [3.8, 4) is 22.8 Å². The molecule has 3 heterocycles. The monoisotopic (exact) mass is 466 g/mol. The number of alkyl halides is 2. The van der Waals surface area contributed by atoms with E-state index in [-0.39, 0.29) is 18.4 Å². The molecule has 0 saturated heterocycles. The van der Waals surface area contributed by atoms with Crippen LogP contribution in [0, 0.1) is 0 Å². The van der Waals surface area contributed by atoms with E-state index in [4.69, 9.17) is 14.6 Å². The number of β-amino-alcohol motifs (C(OH)–C–C–N with tert-alkyl or cyclic N) is 1. The number of nitrogens with zero attached hydrogens (tertiary/aromatic N) is 3. The van der Waals surface area contributed by atoms with Gasteiger partial charge in [0.1, 0.15) is 17.6 Å². The zero-order chi connectivity index (χ0) is 23.8. The Hall–Kier alpha value is -3.56. The number of hydrogen-bond donors (Lipinski definition) is 2. The fourth-order valence-electron chi connectivity index (χ4n) is 4.22. The summed E-state index contributed by atoms with van der Waals surface area (Å²) in [5.41, 5.74) is 3.68. The molecule has 1 aliphatic rings. The van der Waals surface area contributed by atoms with Gasteiger partial charge in [0.25, 0.3) is 0 Å². The number of fused-ring (bicyclic) bond motifs is 3. The van der Waals surface area contributed by atoms with Crippen molar-refractivity contribution < 1.29 is 23.4 Å². The summed E-state index contributed by atoms with van der Waals surface area (Å²) in [6.07, 6.45) is -0.780. The van der Waals surface area contributed by atoms with E-state index in [0.29, 0.717) is 28.3 Å². The van der Waals surface area contributed by atoms with Gasteiger partial charge < -0.3 is 19.9 Å². The van der Waals surface area contributed by atoms with Crippen molar-refractivity contribution in [2.24, 2.45) is 0 Å². The number of aliphatic hydroxyl groups excluding tert-OH is 1. The number of ether oxygens (including phenoxy) is 2. The summed E-state index contributed by atoms with van der Waals surface area (Å²) in [7, 11) is 0. The molecule has 4 aromatic rings. The van der Waals surface area contributed by atoms with Crippen LogP contribution in [0.25, 0.3) is 16.9 Å². The largest absolute Gasteiger partial charge is 0.491 e. The van der Waals surface area contributed by atoms with Gasteiger partial charge in [-0.15, -0.1) is 0 Å². The van der Waals surface area contributed by atoms with Gasteiger partial charge >= 0.3 is 6.61 Å². The van der Waals surface area contributed by atoms with Crippen LogP contribution in [-0.4, -0.2) is 39.0 Å². The van der Waals surface area contributed by atoms with Crippen molar-refractivity contribution in [3.63, 3.8) is 0 Å². The summed E-state index contributed by atoms with van der Waals surface area (Å²) in [6.45, 7) is 1.20. The fourth-order valence-corrected chi connectivity index (χ4v) is 4.22. The highest BCUT2D eigenvalue weighted by Crippen LogP contribution is 2.37. The molecule has 0 amide bonds. The number of para-hydroxylation sites is 1. The van der Waals surface area contributed by atoms with Crippen molar-refractivity contribution in [2.75, 3.05) is 6.54 Å². The lowest BCUT2D eigenvalue weighted by atomic mass is 9.96. The molecule has 0 saturated carbocycles. The third-order valence-corrected chi connectivity index (χ3v) is 5.61. The molecule has 0 spiro atoms.